The highest BCUT2D eigenvalue weighted by molar-refractivity contribution is 5.27. The number of halogens is 4. The van der Waals surface area contributed by atoms with E-state index in [1.165, 1.54) is 6.07 Å². The van der Waals surface area contributed by atoms with Gasteiger partial charge in [0.15, 0.2) is 5.83 Å². The van der Waals surface area contributed by atoms with Gasteiger partial charge in [0, 0.05) is 0 Å². The van der Waals surface area contributed by atoms with Gasteiger partial charge in [0.1, 0.15) is 6.07 Å². The lowest BCUT2D eigenvalue weighted by molar-refractivity contribution is -0.137. The highest BCUT2D eigenvalue weighted by Crippen LogP contribution is 2.37. The molecule has 0 atom stereocenters. The van der Waals surface area contributed by atoms with Crippen LogP contribution in [-0.2, 0) is 6.18 Å². The van der Waals surface area contributed by atoms with Gasteiger partial charge in [0.25, 0.3) is 0 Å². The van der Waals surface area contributed by atoms with E-state index in [0.29, 0.717) is 5.92 Å². The number of benzene rings is 1. The summed E-state index contributed by atoms with van der Waals surface area (Å²) in [4.78, 5) is 0. The van der Waals surface area contributed by atoms with Gasteiger partial charge < -0.3 is 0 Å². The van der Waals surface area contributed by atoms with Crippen molar-refractivity contribution in [1.29, 1.82) is 5.26 Å². The quantitative estimate of drug-likeness (QED) is 0.385. The zero-order valence-electron chi connectivity index (χ0n) is 12.5. The molecule has 1 aromatic carbocycles. The molecule has 0 heterocycles. The van der Waals surface area contributed by atoms with Crippen molar-refractivity contribution in [2.45, 2.75) is 37.8 Å². The summed E-state index contributed by atoms with van der Waals surface area (Å²) in [5, 5.41) is 8.30. The molecule has 2 rings (SSSR count). The van der Waals surface area contributed by atoms with Crippen LogP contribution in [-0.4, -0.2) is 0 Å². The van der Waals surface area contributed by atoms with Crippen LogP contribution in [0, 0.1) is 17.2 Å². The van der Waals surface area contributed by atoms with Crippen LogP contribution in [0.15, 0.2) is 48.3 Å². The molecule has 1 saturated carbocycles. The minimum absolute atomic E-state index is 0.272. The number of hydrogen-bond donors (Lipinski definition) is 0. The van der Waals surface area contributed by atoms with Gasteiger partial charge in [-0.25, -0.2) is 0 Å². The zero-order chi connectivity index (χ0) is 16.9. The monoisotopic (exact) mass is 323 g/mol. The summed E-state index contributed by atoms with van der Waals surface area (Å²) in [6.45, 7) is 0. The van der Waals surface area contributed by atoms with E-state index in [2.05, 4.69) is 0 Å². The van der Waals surface area contributed by atoms with Gasteiger partial charge in [-0.05, 0) is 61.3 Å². The second kappa shape index (κ2) is 7.45. The van der Waals surface area contributed by atoms with Crippen molar-refractivity contribution in [2.24, 2.45) is 5.92 Å². The fourth-order valence-electron chi connectivity index (χ4n) is 2.92. The van der Waals surface area contributed by atoms with Crippen LogP contribution in [0.1, 0.15) is 42.7 Å². The first-order valence-electron chi connectivity index (χ1n) is 7.51. The van der Waals surface area contributed by atoms with Gasteiger partial charge in [-0.15, -0.1) is 0 Å². The molecule has 0 aromatic heterocycles. The summed E-state index contributed by atoms with van der Waals surface area (Å²) in [5.41, 5.74) is 0.319. The Morgan fingerprint density at radius 2 is 1.70 bits per heavy atom. The van der Waals surface area contributed by atoms with Gasteiger partial charge in [0.2, 0.25) is 0 Å². The third-order valence-electron chi connectivity index (χ3n) is 4.21. The van der Waals surface area contributed by atoms with Crippen LogP contribution < -0.4 is 0 Å². The van der Waals surface area contributed by atoms with E-state index in [-0.39, 0.29) is 5.92 Å². The van der Waals surface area contributed by atoms with Crippen LogP contribution in [0.5, 0.6) is 0 Å². The van der Waals surface area contributed by atoms with Crippen molar-refractivity contribution < 1.29 is 17.6 Å². The van der Waals surface area contributed by atoms with Crippen LogP contribution in [0.4, 0.5) is 17.6 Å². The van der Waals surface area contributed by atoms with Crippen molar-refractivity contribution in [1.82, 2.24) is 0 Å². The topological polar surface area (TPSA) is 23.8 Å². The first kappa shape index (κ1) is 17.3. The zero-order valence-corrected chi connectivity index (χ0v) is 12.5. The first-order chi connectivity index (χ1) is 10.9. The second-order valence-electron chi connectivity index (χ2n) is 5.74. The minimum atomic E-state index is -4.30. The number of allylic oxidation sites excluding steroid dienone is 4. The van der Waals surface area contributed by atoms with E-state index >= 15 is 0 Å². The smallest absolute Gasteiger partial charge is 0.195 e. The third kappa shape index (κ3) is 4.95. The molecule has 23 heavy (non-hydrogen) atoms. The predicted octanol–water partition coefficient (Wildman–Crippen LogP) is 5.91. The Labute approximate surface area is 132 Å². The lowest BCUT2D eigenvalue weighted by atomic mass is 9.78. The summed E-state index contributed by atoms with van der Waals surface area (Å²) in [6.07, 6.45) is 3.89. The highest BCUT2D eigenvalue weighted by Gasteiger charge is 2.30. The molecule has 0 amide bonds. The Morgan fingerprint density at radius 1 is 1.09 bits per heavy atom. The molecule has 0 aliphatic heterocycles. The van der Waals surface area contributed by atoms with Crippen molar-refractivity contribution in [3.63, 3.8) is 0 Å². The Morgan fingerprint density at radius 3 is 2.22 bits per heavy atom. The first-order valence-corrected chi connectivity index (χ1v) is 7.51. The van der Waals surface area contributed by atoms with Crippen molar-refractivity contribution in [3.05, 3.63) is 59.4 Å². The maximum absolute atomic E-state index is 12.7. The van der Waals surface area contributed by atoms with E-state index < -0.39 is 17.6 Å². The molecule has 0 radical (unpaired) electrons. The predicted molar refractivity (Wildman–Crippen MR) is 80.1 cm³/mol. The fourth-order valence-corrected chi connectivity index (χ4v) is 2.92. The summed E-state index contributed by atoms with van der Waals surface area (Å²) in [5.74, 6) is -0.226. The van der Waals surface area contributed by atoms with E-state index in [0.717, 1.165) is 49.5 Å². The molecule has 1 nitrogen and oxygen atoms in total. The van der Waals surface area contributed by atoms with Crippen LogP contribution in [0.3, 0.4) is 0 Å². The Bertz CT molecular complexity index is 612. The maximum atomic E-state index is 12.7. The van der Waals surface area contributed by atoms with Gasteiger partial charge in [-0.2, -0.15) is 22.8 Å². The average Bonchev–Trinajstić information content (AvgIpc) is 2.54. The molecule has 1 aliphatic rings. The molecule has 5 heteroatoms. The minimum Gasteiger partial charge on any atom is -0.195 e. The molecule has 0 bridgehead atoms. The van der Waals surface area contributed by atoms with Gasteiger partial charge in [-0.3, -0.25) is 0 Å². The number of hydrogen-bond acceptors (Lipinski definition) is 1. The molecule has 122 valence electrons. The molecule has 0 unspecified atom stereocenters. The number of rotatable bonds is 3. The Balaban J connectivity index is 1.91. The van der Waals surface area contributed by atoms with E-state index in [4.69, 9.17) is 5.26 Å². The van der Waals surface area contributed by atoms with Gasteiger partial charge in [-0.1, -0.05) is 24.3 Å². The second-order valence-corrected chi connectivity index (χ2v) is 5.74. The van der Waals surface area contributed by atoms with E-state index in [9.17, 15) is 17.6 Å². The molecule has 0 spiro atoms. The van der Waals surface area contributed by atoms with Crippen molar-refractivity contribution >= 4 is 0 Å². The largest absolute Gasteiger partial charge is 0.416 e. The highest BCUT2D eigenvalue weighted by atomic mass is 19.4. The number of nitrogens with zero attached hydrogens (tertiary/aromatic N) is 1. The number of alkyl halides is 3. The van der Waals surface area contributed by atoms with Crippen LogP contribution in [0.2, 0.25) is 0 Å². The van der Waals surface area contributed by atoms with E-state index in [1.54, 1.807) is 18.2 Å². The molecular weight excluding hydrogens is 306 g/mol. The maximum Gasteiger partial charge on any atom is 0.416 e. The third-order valence-corrected chi connectivity index (χ3v) is 4.21. The lowest BCUT2D eigenvalue weighted by Crippen LogP contribution is -2.12. The summed E-state index contributed by atoms with van der Waals surface area (Å²) < 4.78 is 50.3. The number of nitriles is 1. The Hall–Kier alpha value is -2.09. The summed E-state index contributed by atoms with van der Waals surface area (Å²) >= 11 is 0. The van der Waals surface area contributed by atoms with Crippen molar-refractivity contribution in [3.8, 4) is 6.07 Å². The van der Waals surface area contributed by atoms with Crippen LogP contribution in [0.25, 0.3) is 0 Å². The standard InChI is InChI=1S/C18H17F4N/c19-17(12-23)3-1-2-13-4-6-14(7-5-13)15-8-10-16(11-9-15)18(20,21)22/h1-3,8-11,13-14H,4-7H2/b2-1+,17-3-. The summed E-state index contributed by atoms with van der Waals surface area (Å²) in [6, 6.07) is 6.81. The molecule has 0 N–H and O–H groups in total. The summed E-state index contributed by atoms with van der Waals surface area (Å²) in [7, 11) is 0. The molecule has 1 fully saturated rings. The molecule has 1 aliphatic carbocycles. The van der Waals surface area contributed by atoms with Crippen LogP contribution >= 0.6 is 0 Å². The van der Waals surface area contributed by atoms with Gasteiger partial charge in [0.05, 0.1) is 5.56 Å². The molecular formula is C18H17F4N. The molecule has 1 aromatic rings. The average molecular weight is 323 g/mol. The normalized spacial score (nSPS) is 23.0. The van der Waals surface area contributed by atoms with Crippen molar-refractivity contribution in [2.75, 3.05) is 0 Å². The fraction of sp³-hybridized carbons (Fsp3) is 0.389. The SMILES string of the molecule is N#C/C(F)=C/C=C/C1CCC(c2ccc(C(F)(F)F)cc2)CC1. The lowest BCUT2D eigenvalue weighted by Gasteiger charge is -2.27. The van der Waals surface area contributed by atoms with E-state index in [1.807, 2.05) is 6.08 Å². The molecule has 0 saturated heterocycles. The van der Waals surface area contributed by atoms with Gasteiger partial charge >= 0.3 is 6.18 Å². The Kier molecular flexibility index (Phi) is 5.59.